The number of amides is 1. The van der Waals surface area contributed by atoms with Crippen molar-refractivity contribution < 1.29 is 28.6 Å². The monoisotopic (exact) mass is 352 g/mol. The Balaban J connectivity index is 3.27. The van der Waals surface area contributed by atoms with Gasteiger partial charge in [0.05, 0.1) is 5.69 Å². The number of hydrogen-bond donors (Lipinski definition) is 2. The summed E-state index contributed by atoms with van der Waals surface area (Å²) in [6.07, 6.45) is -0.937. The molecule has 8 heteroatoms. The number of carbonyl (C=O) groups is 2. The van der Waals surface area contributed by atoms with Crippen LogP contribution in [0.3, 0.4) is 0 Å². The van der Waals surface area contributed by atoms with E-state index in [0.717, 1.165) is 6.07 Å². The smallest absolute Gasteiger partial charge is 0.412 e. The molecule has 0 heterocycles. The van der Waals surface area contributed by atoms with Crippen LogP contribution in [0, 0.1) is 17.1 Å². The maximum absolute atomic E-state index is 14.3. The zero-order chi connectivity index (χ0) is 19.6. The number of carbonyl (C=O) groups excluding carboxylic acids is 2. The number of benzene rings is 1. The second-order valence-corrected chi connectivity index (χ2v) is 7.25. The van der Waals surface area contributed by atoms with Gasteiger partial charge in [0.2, 0.25) is 0 Å². The van der Waals surface area contributed by atoms with Gasteiger partial charge in [-0.15, -0.1) is 0 Å². The molecular formula is C17H21FN2O5. The fraction of sp³-hybridized carbons (Fsp3) is 0.471. The molecule has 2 N–H and O–H groups in total. The number of ether oxygens (including phenoxy) is 2. The average Bonchev–Trinajstić information content (AvgIpc) is 2.33. The minimum Gasteiger partial charge on any atom is -0.505 e. The van der Waals surface area contributed by atoms with E-state index in [1.165, 1.54) is 0 Å². The minimum atomic E-state index is -1.14. The van der Waals surface area contributed by atoms with Gasteiger partial charge in [0, 0.05) is 6.07 Å². The second kappa shape index (κ2) is 6.97. The zero-order valence-corrected chi connectivity index (χ0v) is 15.0. The quantitative estimate of drug-likeness (QED) is 0.786. The van der Waals surface area contributed by atoms with Crippen molar-refractivity contribution in [3.63, 3.8) is 0 Å². The van der Waals surface area contributed by atoms with E-state index in [0.29, 0.717) is 0 Å². The van der Waals surface area contributed by atoms with Crippen LogP contribution in [-0.2, 0) is 9.47 Å². The van der Waals surface area contributed by atoms with E-state index < -0.39 is 46.0 Å². The van der Waals surface area contributed by atoms with Crippen molar-refractivity contribution in [1.29, 1.82) is 5.26 Å². The van der Waals surface area contributed by atoms with Crippen molar-refractivity contribution in [3.05, 3.63) is 23.0 Å². The summed E-state index contributed by atoms with van der Waals surface area (Å²) < 4.78 is 24.3. The molecule has 0 aliphatic rings. The summed E-state index contributed by atoms with van der Waals surface area (Å²) in [5, 5.41) is 21.5. The molecule has 7 nitrogen and oxygen atoms in total. The third kappa shape index (κ3) is 5.64. The molecule has 0 radical (unpaired) electrons. The summed E-state index contributed by atoms with van der Waals surface area (Å²) in [6, 6.07) is 2.37. The van der Waals surface area contributed by atoms with Crippen molar-refractivity contribution in [2.24, 2.45) is 0 Å². The Hall–Kier alpha value is -2.82. The highest BCUT2D eigenvalue weighted by molar-refractivity contribution is 5.97. The number of nitrogens with zero attached hydrogens (tertiary/aromatic N) is 1. The molecule has 0 spiro atoms. The molecule has 0 atom stereocenters. The SMILES string of the molecule is CC(C)(C)OC(=O)Nc1cc(F)c(C(=O)OC(C)(C)C)c(O)c1C#N. The van der Waals surface area contributed by atoms with Gasteiger partial charge in [0.15, 0.2) is 5.75 Å². The lowest BCUT2D eigenvalue weighted by Crippen LogP contribution is -2.28. The van der Waals surface area contributed by atoms with Crippen LogP contribution in [0.25, 0.3) is 0 Å². The van der Waals surface area contributed by atoms with Gasteiger partial charge in [-0.2, -0.15) is 5.26 Å². The number of nitriles is 1. The first-order chi connectivity index (χ1) is 11.2. The number of aromatic hydroxyl groups is 1. The number of anilines is 1. The molecule has 136 valence electrons. The third-order valence-electron chi connectivity index (χ3n) is 2.60. The van der Waals surface area contributed by atoms with Crippen molar-refractivity contribution in [3.8, 4) is 11.8 Å². The highest BCUT2D eigenvalue weighted by atomic mass is 19.1. The number of halogens is 1. The number of rotatable bonds is 2. The molecule has 1 rings (SSSR count). The van der Waals surface area contributed by atoms with Crippen molar-refractivity contribution in [1.82, 2.24) is 0 Å². The lowest BCUT2D eigenvalue weighted by atomic mass is 10.1. The van der Waals surface area contributed by atoms with Gasteiger partial charge < -0.3 is 14.6 Å². The summed E-state index contributed by atoms with van der Waals surface area (Å²) in [7, 11) is 0. The van der Waals surface area contributed by atoms with E-state index in [-0.39, 0.29) is 5.69 Å². The van der Waals surface area contributed by atoms with E-state index in [4.69, 9.17) is 9.47 Å². The normalized spacial score (nSPS) is 11.4. The maximum atomic E-state index is 14.3. The first kappa shape index (κ1) is 20.2. The van der Waals surface area contributed by atoms with Crippen LogP contribution in [0.4, 0.5) is 14.9 Å². The molecule has 0 aromatic heterocycles. The number of phenolic OH excluding ortho intramolecular Hbond substituents is 1. The molecule has 0 aliphatic carbocycles. The first-order valence-electron chi connectivity index (χ1n) is 7.44. The van der Waals surface area contributed by atoms with Crippen LogP contribution in [-0.4, -0.2) is 28.4 Å². The second-order valence-electron chi connectivity index (χ2n) is 7.25. The highest BCUT2D eigenvalue weighted by Crippen LogP contribution is 2.33. The van der Waals surface area contributed by atoms with E-state index in [1.807, 2.05) is 0 Å². The van der Waals surface area contributed by atoms with Crippen molar-refractivity contribution >= 4 is 17.7 Å². The lowest BCUT2D eigenvalue weighted by Gasteiger charge is -2.21. The van der Waals surface area contributed by atoms with Gasteiger partial charge >= 0.3 is 12.1 Å². The average molecular weight is 352 g/mol. The van der Waals surface area contributed by atoms with Crippen LogP contribution in [0.2, 0.25) is 0 Å². The Morgan fingerprint density at radius 2 is 1.68 bits per heavy atom. The fourth-order valence-electron chi connectivity index (χ4n) is 1.79. The van der Waals surface area contributed by atoms with Gasteiger partial charge in [-0.3, -0.25) is 5.32 Å². The number of esters is 1. The van der Waals surface area contributed by atoms with Crippen LogP contribution < -0.4 is 5.32 Å². The fourth-order valence-corrected chi connectivity index (χ4v) is 1.79. The first-order valence-corrected chi connectivity index (χ1v) is 7.44. The molecule has 0 fully saturated rings. The molecule has 0 aliphatic heterocycles. The van der Waals surface area contributed by atoms with E-state index in [1.54, 1.807) is 47.6 Å². The van der Waals surface area contributed by atoms with E-state index in [2.05, 4.69) is 5.32 Å². The number of phenols is 1. The number of hydrogen-bond acceptors (Lipinski definition) is 6. The van der Waals surface area contributed by atoms with Gasteiger partial charge in [-0.1, -0.05) is 0 Å². The Labute approximate surface area is 145 Å². The molecule has 1 aromatic rings. The van der Waals surface area contributed by atoms with Crippen LogP contribution in [0.1, 0.15) is 57.5 Å². The zero-order valence-electron chi connectivity index (χ0n) is 15.0. The molecule has 25 heavy (non-hydrogen) atoms. The minimum absolute atomic E-state index is 0.320. The van der Waals surface area contributed by atoms with E-state index >= 15 is 0 Å². The van der Waals surface area contributed by atoms with Crippen LogP contribution >= 0.6 is 0 Å². The van der Waals surface area contributed by atoms with Gasteiger partial charge in [0.1, 0.15) is 34.2 Å². The third-order valence-corrected chi connectivity index (χ3v) is 2.60. The molecule has 1 amide bonds. The van der Waals surface area contributed by atoms with Crippen LogP contribution in [0.5, 0.6) is 5.75 Å². The Morgan fingerprint density at radius 3 is 2.12 bits per heavy atom. The molecule has 0 saturated heterocycles. The topological polar surface area (TPSA) is 109 Å². The maximum Gasteiger partial charge on any atom is 0.412 e. The van der Waals surface area contributed by atoms with Gasteiger partial charge in [-0.25, -0.2) is 14.0 Å². The van der Waals surface area contributed by atoms with Crippen LogP contribution in [0.15, 0.2) is 6.07 Å². The molecule has 1 aromatic carbocycles. The predicted octanol–water partition coefficient (Wildman–Crippen LogP) is 3.71. The summed E-state index contributed by atoms with van der Waals surface area (Å²) in [5.41, 5.74) is -3.31. The standard InChI is InChI=1S/C17H21FN2O5/c1-16(2,3)24-14(22)12-10(18)7-11(9(8-19)13(12)21)20-15(23)25-17(4,5)6/h7,21H,1-6H3,(H,20,23). The Bertz CT molecular complexity index is 739. The highest BCUT2D eigenvalue weighted by Gasteiger charge is 2.28. The summed E-state index contributed by atoms with van der Waals surface area (Å²) in [5.74, 6) is -3.18. The lowest BCUT2D eigenvalue weighted by molar-refractivity contribution is 0.00616. The Morgan fingerprint density at radius 1 is 1.16 bits per heavy atom. The summed E-state index contributed by atoms with van der Waals surface area (Å²) in [6.45, 7) is 9.60. The predicted molar refractivity (Wildman–Crippen MR) is 87.8 cm³/mol. The molecular weight excluding hydrogens is 331 g/mol. The number of nitrogens with one attached hydrogen (secondary N) is 1. The summed E-state index contributed by atoms with van der Waals surface area (Å²) in [4.78, 5) is 23.8. The molecule has 0 unspecified atom stereocenters. The van der Waals surface area contributed by atoms with Crippen molar-refractivity contribution in [2.75, 3.05) is 5.32 Å². The van der Waals surface area contributed by atoms with E-state index in [9.17, 15) is 24.3 Å². The largest absolute Gasteiger partial charge is 0.505 e. The van der Waals surface area contributed by atoms with Gasteiger partial charge in [-0.05, 0) is 41.5 Å². The Kier molecular flexibility index (Phi) is 5.64. The van der Waals surface area contributed by atoms with Crippen molar-refractivity contribution in [2.45, 2.75) is 52.7 Å². The summed E-state index contributed by atoms with van der Waals surface area (Å²) >= 11 is 0. The van der Waals surface area contributed by atoms with Gasteiger partial charge in [0.25, 0.3) is 0 Å². The molecule has 0 bridgehead atoms. The molecule has 0 saturated carbocycles.